The van der Waals surface area contributed by atoms with E-state index in [1.54, 1.807) is 60.9 Å². The first kappa shape index (κ1) is 25.8. The maximum atomic E-state index is 13.3. The number of amides is 1. The quantitative estimate of drug-likeness (QED) is 0.256. The standard InChI is InChI=1S/C29H30N2O6/c1-18(2)17-37-22-10-7-20(8-11-22)27(32)25-26(21-9-12-23(35-3)24(14-21)36-4)31(29(34)28(25)33)16-19-6-5-13-30-15-19/h5-15,18,26,32H,16-17H2,1-4H3/t26-/m1/s1. The summed E-state index contributed by atoms with van der Waals surface area (Å²) in [5.74, 6) is 0.237. The number of aliphatic hydroxyl groups is 1. The van der Waals surface area contributed by atoms with Gasteiger partial charge in [0.1, 0.15) is 11.5 Å². The zero-order valence-electron chi connectivity index (χ0n) is 21.3. The fraction of sp³-hybridized carbons (Fsp3) is 0.276. The summed E-state index contributed by atoms with van der Waals surface area (Å²) in [6, 6.07) is 14.7. The zero-order valence-corrected chi connectivity index (χ0v) is 21.3. The van der Waals surface area contributed by atoms with Crippen LogP contribution in [-0.4, -0.2) is 47.5 Å². The number of hydrogen-bond donors (Lipinski definition) is 1. The van der Waals surface area contributed by atoms with Gasteiger partial charge in [-0.3, -0.25) is 14.6 Å². The molecule has 1 aliphatic heterocycles. The van der Waals surface area contributed by atoms with Crippen LogP contribution in [0.2, 0.25) is 0 Å². The van der Waals surface area contributed by atoms with Crippen LogP contribution in [-0.2, 0) is 16.1 Å². The number of carbonyl (C=O) groups is 2. The highest BCUT2D eigenvalue weighted by Crippen LogP contribution is 2.42. The molecule has 0 aliphatic carbocycles. The maximum absolute atomic E-state index is 13.3. The first-order valence-corrected chi connectivity index (χ1v) is 12.0. The second-order valence-electron chi connectivity index (χ2n) is 9.13. The Balaban J connectivity index is 1.80. The van der Waals surface area contributed by atoms with Gasteiger partial charge in [0.25, 0.3) is 11.7 Å². The summed E-state index contributed by atoms with van der Waals surface area (Å²) >= 11 is 0. The second kappa shape index (κ2) is 11.2. The van der Waals surface area contributed by atoms with Crippen molar-refractivity contribution in [2.24, 2.45) is 5.92 Å². The summed E-state index contributed by atoms with van der Waals surface area (Å²) in [4.78, 5) is 32.1. The lowest BCUT2D eigenvalue weighted by Gasteiger charge is -2.26. The van der Waals surface area contributed by atoms with E-state index < -0.39 is 17.7 Å². The number of aliphatic hydroxyl groups excluding tert-OH is 1. The Hall–Kier alpha value is -4.33. The Kier molecular flexibility index (Phi) is 7.77. The highest BCUT2D eigenvalue weighted by molar-refractivity contribution is 6.46. The molecule has 0 saturated carbocycles. The van der Waals surface area contributed by atoms with Crippen LogP contribution >= 0.6 is 0 Å². The monoisotopic (exact) mass is 502 g/mol. The maximum Gasteiger partial charge on any atom is 0.295 e. The molecule has 8 heteroatoms. The van der Waals surface area contributed by atoms with E-state index in [9.17, 15) is 14.7 Å². The van der Waals surface area contributed by atoms with Crippen LogP contribution in [0.25, 0.3) is 5.76 Å². The van der Waals surface area contributed by atoms with E-state index in [2.05, 4.69) is 18.8 Å². The Morgan fingerprint density at radius 3 is 2.38 bits per heavy atom. The molecule has 2 aromatic carbocycles. The van der Waals surface area contributed by atoms with Crippen LogP contribution in [0.15, 0.2) is 72.6 Å². The molecule has 1 saturated heterocycles. The normalized spacial score (nSPS) is 16.8. The number of pyridine rings is 1. The number of ether oxygens (including phenoxy) is 3. The highest BCUT2D eigenvalue weighted by atomic mass is 16.5. The molecular formula is C29H30N2O6. The van der Waals surface area contributed by atoms with Gasteiger partial charge in [-0.1, -0.05) is 26.0 Å². The molecule has 192 valence electrons. The number of Topliss-reactive ketones (excluding diaryl/α,β-unsaturated/α-hetero) is 1. The Bertz CT molecular complexity index is 1300. The topological polar surface area (TPSA) is 98.2 Å². The van der Waals surface area contributed by atoms with Gasteiger partial charge < -0.3 is 24.2 Å². The number of methoxy groups -OCH3 is 2. The summed E-state index contributed by atoms with van der Waals surface area (Å²) < 4.78 is 16.5. The van der Waals surface area contributed by atoms with Crippen molar-refractivity contribution in [3.8, 4) is 17.2 Å². The molecule has 1 N–H and O–H groups in total. The summed E-state index contributed by atoms with van der Waals surface area (Å²) in [7, 11) is 3.04. The highest BCUT2D eigenvalue weighted by Gasteiger charge is 2.46. The fourth-order valence-electron chi connectivity index (χ4n) is 4.23. The molecule has 1 atom stereocenters. The van der Waals surface area contributed by atoms with Gasteiger partial charge in [-0.25, -0.2) is 0 Å². The third-order valence-electron chi connectivity index (χ3n) is 6.05. The molecule has 4 rings (SSSR count). The van der Waals surface area contributed by atoms with E-state index in [0.29, 0.717) is 40.9 Å². The van der Waals surface area contributed by atoms with Gasteiger partial charge in [0.05, 0.1) is 32.4 Å². The van der Waals surface area contributed by atoms with Crippen molar-refractivity contribution in [2.45, 2.75) is 26.4 Å². The summed E-state index contributed by atoms with van der Waals surface area (Å²) in [5.41, 5.74) is 1.75. The Morgan fingerprint density at radius 2 is 1.76 bits per heavy atom. The molecule has 0 unspecified atom stereocenters. The molecule has 1 fully saturated rings. The van der Waals surface area contributed by atoms with Crippen molar-refractivity contribution in [1.29, 1.82) is 0 Å². The van der Waals surface area contributed by atoms with Crippen LogP contribution < -0.4 is 14.2 Å². The van der Waals surface area contributed by atoms with E-state index in [-0.39, 0.29) is 17.9 Å². The van der Waals surface area contributed by atoms with Gasteiger partial charge in [-0.15, -0.1) is 0 Å². The van der Waals surface area contributed by atoms with E-state index in [1.807, 2.05) is 6.07 Å². The number of likely N-dealkylation sites (tertiary alicyclic amines) is 1. The lowest BCUT2D eigenvalue weighted by Crippen LogP contribution is -2.29. The predicted octanol–water partition coefficient (Wildman–Crippen LogP) is 4.76. The minimum absolute atomic E-state index is 0.00282. The van der Waals surface area contributed by atoms with Crippen molar-refractivity contribution in [3.05, 3.63) is 89.3 Å². The average Bonchev–Trinajstić information content (AvgIpc) is 3.16. The van der Waals surface area contributed by atoms with Crippen LogP contribution in [0, 0.1) is 5.92 Å². The largest absolute Gasteiger partial charge is 0.507 e. The van der Waals surface area contributed by atoms with E-state index >= 15 is 0 Å². The lowest BCUT2D eigenvalue weighted by molar-refractivity contribution is -0.140. The summed E-state index contributed by atoms with van der Waals surface area (Å²) in [6.45, 7) is 4.80. The number of benzene rings is 2. The summed E-state index contributed by atoms with van der Waals surface area (Å²) in [6.07, 6.45) is 3.28. The average molecular weight is 503 g/mol. The van der Waals surface area contributed by atoms with Gasteiger partial charge >= 0.3 is 0 Å². The van der Waals surface area contributed by atoms with Gasteiger partial charge in [0.2, 0.25) is 0 Å². The minimum atomic E-state index is -0.850. The number of rotatable bonds is 9. The van der Waals surface area contributed by atoms with E-state index in [4.69, 9.17) is 14.2 Å². The summed E-state index contributed by atoms with van der Waals surface area (Å²) in [5, 5.41) is 11.3. The number of aromatic nitrogens is 1. The molecule has 3 aromatic rings. The van der Waals surface area contributed by atoms with Crippen LogP contribution in [0.5, 0.6) is 17.2 Å². The van der Waals surface area contributed by atoms with Crippen LogP contribution in [0.1, 0.15) is 36.6 Å². The first-order chi connectivity index (χ1) is 17.8. The van der Waals surface area contributed by atoms with Crippen LogP contribution in [0.4, 0.5) is 0 Å². The van der Waals surface area contributed by atoms with Gasteiger partial charge in [-0.05, 0) is 59.5 Å². The molecule has 0 radical (unpaired) electrons. The smallest absolute Gasteiger partial charge is 0.295 e. The molecule has 0 bridgehead atoms. The van der Waals surface area contributed by atoms with Crippen molar-refractivity contribution in [3.63, 3.8) is 0 Å². The van der Waals surface area contributed by atoms with Crippen molar-refractivity contribution >= 4 is 17.4 Å². The van der Waals surface area contributed by atoms with Gasteiger partial charge in [-0.2, -0.15) is 0 Å². The van der Waals surface area contributed by atoms with Crippen molar-refractivity contribution in [1.82, 2.24) is 9.88 Å². The SMILES string of the molecule is COc1ccc([C@@H]2C(=C(O)c3ccc(OCC(C)C)cc3)C(=O)C(=O)N2Cc2cccnc2)cc1OC. The molecule has 2 heterocycles. The fourth-order valence-corrected chi connectivity index (χ4v) is 4.23. The Morgan fingerprint density at radius 1 is 1.03 bits per heavy atom. The number of carbonyl (C=O) groups excluding carboxylic acids is 2. The predicted molar refractivity (Wildman–Crippen MR) is 138 cm³/mol. The molecule has 1 amide bonds. The van der Waals surface area contributed by atoms with Crippen LogP contribution in [0.3, 0.4) is 0 Å². The number of hydrogen-bond acceptors (Lipinski definition) is 7. The molecule has 0 spiro atoms. The molecule has 8 nitrogen and oxygen atoms in total. The van der Waals surface area contributed by atoms with Crippen molar-refractivity contribution in [2.75, 3.05) is 20.8 Å². The zero-order chi connectivity index (χ0) is 26.5. The Labute approximate surface area is 216 Å². The molecule has 1 aliphatic rings. The third-order valence-corrected chi connectivity index (χ3v) is 6.05. The third kappa shape index (κ3) is 5.43. The van der Waals surface area contributed by atoms with Crippen molar-refractivity contribution < 1.29 is 28.9 Å². The lowest BCUT2D eigenvalue weighted by atomic mass is 9.94. The van der Waals surface area contributed by atoms with Gasteiger partial charge in [0, 0.05) is 24.5 Å². The molecule has 1 aromatic heterocycles. The molecule has 37 heavy (non-hydrogen) atoms. The number of nitrogens with zero attached hydrogens (tertiary/aromatic N) is 2. The van der Waals surface area contributed by atoms with Gasteiger partial charge in [0.15, 0.2) is 11.5 Å². The number of ketones is 1. The second-order valence-corrected chi connectivity index (χ2v) is 9.13. The van der Waals surface area contributed by atoms with E-state index in [1.165, 1.54) is 19.1 Å². The molecular weight excluding hydrogens is 472 g/mol. The van der Waals surface area contributed by atoms with E-state index in [0.717, 1.165) is 5.56 Å². The minimum Gasteiger partial charge on any atom is -0.507 e. The first-order valence-electron chi connectivity index (χ1n) is 12.0.